The van der Waals surface area contributed by atoms with Crippen LogP contribution in [0.4, 0.5) is 5.69 Å². The predicted molar refractivity (Wildman–Crippen MR) is 86.9 cm³/mol. The molecule has 0 aliphatic rings. The number of nitrogens with one attached hydrogen (secondary N) is 1. The molecule has 1 N–H and O–H groups in total. The molecule has 0 fully saturated rings. The standard InChI is InChI=1S/C13H14BrClN2O2S/c1-19-5-4-17-8-9(2-3-12(17)18)16-7-10-6-11(14)13(15)20-10/h2-3,6,8,16H,4-5,7H2,1H3. The van der Waals surface area contributed by atoms with Gasteiger partial charge in [0.1, 0.15) is 4.34 Å². The van der Waals surface area contributed by atoms with Gasteiger partial charge in [0, 0.05) is 41.8 Å². The third-order valence-corrected chi connectivity index (χ3v) is 5.16. The highest BCUT2D eigenvalue weighted by molar-refractivity contribution is 9.10. The lowest BCUT2D eigenvalue weighted by atomic mass is 10.3. The average Bonchev–Trinajstić information content (AvgIpc) is 2.75. The van der Waals surface area contributed by atoms with Gasteiger partial charge in [0.15, 0.2) is 0 Å². The van der Waals surface area contributed by atoms with Crippen molar-refractivity contribution in [2.24, 2.45) is 0 Å². The first kappa shape index (κ1) is 15.6. The van der Waals surface area contributed by atoms with Crippen LogP contribution in [0.1, 0.15) is 4.88 Å². The molecule has 0 spiro atoms. The molecule has 2 heterocycles. The zero-order valence-corrected chi connectivity index (χ0v) is 14.0. The lowest BCUT2D eigenvalue weighted by molar-refractivity contribution is 0.186. The van der Waals surface area contributed by atoms with Crippen molar-refractivity contribution < 1.29 is 4.74 Å². The number of thiophene rings is 1. The molecule has 7 heteroatoms. The highest BCUT2D eigenvalue weighted by atomic mass is 79.9. The number of aromatic nitrogens is 1. The molecule has 0 aromatic carbocycles. The minimum absolute atomic E-state index is 0.0329. The summed E-state index contributed by atoms with van der Waals surface area (Å²) in [5.74, 6) is 0. The van der Waals surface area contributed by atoms with Gasteiger partial charge in [-0.2, -0.15) is 0 Å². The smallest absolute Gasteiger partial charge is 0.250 e. The Kier molecular flexibility index (Phi) is 5.65. The second-order valence-corrected chi connectivity index (χ2v) is 6.72. The fraction of sp³-hybridized carbons (Fsp3) is 0.308. The van der Waals surface area contributed by atoms with Gasteiger partial charge in [0.2, 0.25) is 0 Å². The fourth-order valence-electron chi connectivity index (χ4n) is 1.67. The monoisotopic (exact) mass is 376 g/mol. The summed E-state index contributed by atoms with van der Waals surface area (Å²) in [6.45, 7) is 1.72. The Morgan fingerprint density at radius 2 is 2.30 bits per heavy atom. The second-order valence-electron chi connectivity index (χ2n) is 4.13. The van der Waals surface area contributed by atoms with E-state index in [4.69, 9.17) is 16.3 Å². The molecule has 0 atom stereocenters. The van der Waals surface area contributed by atoms with E-state index in [9.17, 15) is 4.79 Å². The molecule has 0 unspecified atom stereocenters. The number of nitrogens with zero attached hydrogens (tertiary/aromatic N) is 1. The van der Waals surface area contributed by atoms with Gasteiger partial charge in [-0.15, -0.1) is 11.3 Å². The van der Waals surface area contributed by atoms with Crippen molar-refractivity contribution in [1.82, 2.24) is 4.57 Å². The Bertz CT molecular complexity index is 622. The van der Waals surface area contributed by atoms with Gasteiger partial charge in [0.25, 0.3) is 5.56 Å². The first-order valence-corrected chi connectivity index (χ1v) is 7.96. The van der Waals surface area contributed by atoms with E-state index in [0.29, 0.717) is 19.7 Å². The molecule has 0 radical (unpaired) electrons. The number of pyridine rings is 1. The second kappa shape index (κ2) is 7.26. The van der Waals surface area contributed by atoms with E-state index < -0.39 is 0 Å². The van der Waals surface area contributed by atoms with Gasteiger partial charge in [-0.05, 0) is 28.1 Å². The predicted octanol–water partition coefficient (Wildman–Crippen LogP) is 3.58. The SMILES string of the molecule is COCCn1cc(NCc2cc(Br)c(Cl)s2)ccc1=O. The summed E-state index contributed by atoms with van der Waals surface area (Å²) in [5, 5.41) is 3.28. The number of anilines is 1. The van der Waals surface area contributed by atoms with E-state index in [-0.39, 0.29) is 5.56 Å². The van der Waals surface area contributed by atoms with Gasteiger partial charge in [-0.25, -0.2) is 0 Å². The van der Waals surface area contributed by atoms with Crippen LogP contribution in [-0.4, -0.2) is 18.3 Å². The number of hydrogen-bond donors (Lipinski definition) is 1. The third kappa shape index (κ3) is 4.09. The van der Waals surface area contributed by atoms with Crippen molar-refractivity contribution in [3.05, 3.63) is 48.4 Å². The minimum Gasteiger partial charge on any atom is -0.383 e. The van der Waals surface area contributed by atoms with Gasteiger partial charge in [-0.1, -0.05) is 11.6 Å². The van der Waals surface area contributed by atoms with E-state index in [0.717, 1.165) is 19.4 Å². The number of rotatable bonds is 6. The zero-order chi connectivity index (χ0) is 14.5. The summed E-state index contributed by atoms with van der Waals surface area (Å²) in [7, 11) is 1.62. The maximum absolute atomic E-state index is 11.7. The third-order valence-electron chi connectivity index (χ3n) is 2.68. The van der Waals surface area contributed by atoms with E-state index in [1.165, 1.54) is 11.3 Å². The molecule has 2 rings (SSSR count). The fourth-order valence-corrected chi connectivity index (χ4v) is 3.40. The Balaban J connectivity index is 2.04. The molecule has 0 amide bonds. The molecule has 0 aliphatic heterocycles. The van der Waals surface area contributed by atoms with Crippen molar-refractivity contribution >= 4 is 44.6 Å². The number of methoxy groups -OCH3 is 1. The maximum atomic E-state index is 11.7. The number of hydrogen-bond acceptors (Lipinski definition) is 4. The van der Waals surface area contributed by atoms with Crippen LogP contribution in [0.25, 0.3) is 0 Å². The van der Waals surface area contributed by atoms with Gasteiger partial charge >= 0.3 is 0 Å². The van der Waals surface area contributed by atoms with Gasteiger partial charge in [-0.3, -0.25) is 4.79 Å². The van der Waals surface area contributed by atoms with E-state index >= 15 is 0 Å². The molecular weight excluding hydrogens is 364 g/mol. The summed E-state index contributed by atoms with van der Waals surface area (Å²) >= 11 is 10.9. The maximum Gasteiger partial charge on any atom is 0.250 e. The molecular formula is C13H14BrClN2O2S. The molecule has 0 saturated heterocycles. The molecule has 0 aliphatic carbocycles. The van der Waals surface area contributed by atoms with E-state index in [1.807, 2.05) is 6.07 Å². The Morgan fingerprint density at radius 1 is 1.50 bits per heavy atom. The molecule has 0 saturated carbocycles. The van der Waals surface area contributed by atoms with Crippen molar-refractivity contribution in [3.8, 4) is 0 Å². The number of halogens is 2. The van der Waals surface area contributed by atoms with E-state index in [1.54, 1.807) is 30.0 Å². The molecule has 2 aromatic rings. The molecule has 20 heavy (non-hydrogen) atoms. The Labute approximate surface area is 134 Å². The quantitative estimate of drug-likeness (QED) is 0.836. The van der Waals surface area contributed by atoms with Crippen molar-refractivity contribution in [2.75, 3.05) is 19.0 Å². The Hall–Kier alpha value is -0.820. The molecule has 2 aromatic heterocycles. The Morgan fingerprint density at radius 3 is 2.95 bits per heavy atom. The van der Waals surface area contributed by atoms with Crippen LogP contribution >= 0.6 is 38.9 Å². The van der Waals surface area contributed by atoms with Crippen LogP contribution < -0.4 is 10.9 Å². The highest BCUT2D eigenvalue weighted by Crippen LogP contribution is 2.32. The van der Waals surface area contributed by atoms with Crippen LogP contribution in [-0.2, 0) is 17.8 Å². The molecule has 108 valence electrons. The molecule has 4 nitrogen and oxygen atoms in total. The van der Waals surface area contributed by atoms with E-state index in [2.05, 4.69) is 21.2 Å². The largest absolute Gasteiger partial charge is 0.383 e. The van der Waals surface area contributed by atoms with Gasteiger partial charge in [0.05, 0.1) is 12.3 Å². The first-order chi connectivity index (χ1) is 9.60. The normalized spacial score (nSPS) is 10.8. The van der Waals surface area contributed by atoms with Crippen LogP contribution in [0.2, 0.25) is 4.34 Å². The average molecular weight is 378 g/mol. The van der Waals surface area contributed by atoms with Crippen LogP contribution in [0.5, 0.6) is 0 Å². The summed E-state index contributed by atoms with van der Waals surface area (Å²) in [6.07, 6.45) is 1.80. The first-order valence-electron chi connectivity index (χ1n) is 5.97. The van der Waals surface area contributed by atoms with Crippen LogP contribution in [0, 0.1) is 0 Å². The lowest BCUT2D eigenvalue weighted by Gasteiger charge is -2.09. The summed E-state index contributed by atoms with van der Waals surface area (Å²) in [5.41, 5.74) is 0.857. The highest BCUT2D eigenvalue weighted by Gasteiger charge is 2.05. The summed E-state index contributed by atoms with van der Waals surface area (Å²) < 4.78 is 8.27. The summed E-state index contributed by atoms with van der Waals surface area (Å²) in [6, 6.07) is 5.31. The zero-order valence-electron chi connectivity index (χ0n) is 10.9. The molecule has 0 bridgehead atoms. The van der Waals surface area contributed by atoms with Gasteiger partial charge < -0.3 is 14.6 Å². The van der Waals surface area contributed by atoms with Crippen LogP contribution in [0.3, 0.4) is 0 Å². The summed E-state index contributed by atoms with van der Waals surface area (Å²) in [4.78, 5) is 12.8. The topological polar surface area (TPSA) is 43.3 Å². The lowest BCUT2D eigenvalue weighted by Crippen LogP contribution is -2.21. The van der Waals surface area contributed by atoms with Crippen molar-refractivity contribution in [3.63, 3.8) is 0 Å². The minimum atomic E-state index is -0.0329. The van der Waals surface area contributed by atoms with Crippen molar-refractivity contribution in [1.29, 1.82) is 0 Å². The van der Waals surface area contributed by atoms with Crippen molar-refractivity contribution in [2.45, 2.75) is 13.1 Å². The van der Waals surface area contributed by atoms with Crippen LogP contribution in [0.15, 0.2) is 33.7 Å². The number of ether oxygens (including phenoxy) is 1.